The number of hydrogen-bond acceptors (Lipinski definition) is 4. The molecule has 4 rings (SSSR count). The first-order valence-electron chi connectivity index (χ1n) is 7.73. The van der Waals surface area contributed by atoms with Gasteiger partial charge in [-0.2, -0.15) is 0 Å². The number of fused-ring (bicyclic) bond motifs is 2. The van der Waals surface area contributed by atoms with Crippen molar-refractivity contribution in [1.82, 2.24) is 9.97 Å². The standard InChI is InChI=1S/C19H18N2OS/c1-12-20-14-9-8-13(10-16(14)22-12)11-19(2,3)18-21-15-6-4-5-7-17(15)23-18/h4-10H,11H2,1-3H3. The van der Waals surface area contributed by atoms with Crippen molar-refractivity contribution in [2.24, 2.45) is 0 Å². The van der Waals surface area contributed by atoms with Gasteiger partial charge in [0.25, 0.3) is 0 Å². The van der Waals surface area contributed by atoms with Crippen LogP contribution in [-0.4, -0.2) is 9.97 Å². The van der Waals surface area contributed by atoms with Crippen LogP contribution in [0.15, 0.2) is 46.9 Å². The molecule has 0 unspecified atom stereocenters. The normalized spacial score (nSPS) is 12.3. The van der Waals surface area contributed by atoms with Gasteiger partial charge in [-0.15, -0.1) is 11.3 Å². The van der Waals surface area contributed by atoms with Crippen LogP contribution in [0.1, 0.15) is 30.3 Å². The van der Waals surface area contributed by atoms with E-state index in [-0.39, 0.29) is 5.41 Å². The number of nitrogens with zero attached hydrogens (tertiary/aromatic N) is 2. The van der Waals surface area contributed by atoms with Crippen LogP contribution in [0, 0.1) is 6.92 Å². The zero-order valence-electron chi connectivity index (χ0n) is 13.5. The van der Waals surface area contributed by atoms with Crippen LogP contribution in [0.2, 0.25) is 0 Å². The van der Waals surface area contributed by atoms with E-state index < -0.39 is 0 Å². The highest BCUT2D eigenvalue weighted by atomic mass is 32.1. The predicted octanol–water partition coefficient (Wildman–Crippen LogP) is 5.27. The predicted molar refractivity (Wildman–Crippen MR) is 95.1 cm³/mol. The highest BCUT2D eigenvalue weighted by Crippen LogP contribution is 2.34. The van der Waals surface area contributed by atoms with Gasteiger partial charge in [-0.1, -0.05) is 32.0 Å². The van der Waals surface area contributed by atoms with Crippen LogP contribution >= 0.6 is 11.3 Å². The molecule has 2 heterocycles. The molecule has 0 aliphatic carbocycles. The summed E-state index contributed by atoms with van der Waals surface area (Å²) in [6.07, 6.45) is 0.919. The first-order chi connectivity index (χ1) is 11.0. The van der Waals surface area contributed by atoms with Gasteiger partial charge in [0.1, 0.15) is 5.52 Å². The minimum atomic E-state index is -0.0214. The Bertz CT molecular complexity index is 964. The summed E-state index contributed by atoms with van der Waals surface area (Å²) in [4.78, 5) is 9.19. The largest absolute Gasteiger partial charge is 0.441 e. The lowest BCUT2D eigenvalue weighted by Crippen LogP contribution is -2.20. The summed E-state index contributed by atoms with van der Waals surface area (Å²) in [6, 6.07) is 14.6. The Balaban J connectivity index is 1.69. The number of thiazole rings is 1. The van der Waals surface area contributed by atoms with Crippen molar-refractivity contribution >= 4 is 32.7 Å². The molecule has 0 N–H and O–H groups in total. The van der Waals surface area contributed by atoms with Gasteiger partial charge in [0.05, 0.1) is 15.2 Å². The fraction of sp³-hybridized carbons (Fsp3) is 0.263. The number of oxazole rings is 1. The minimum absolute atomic E-state index is 0.0214. The van der Waals surface area contributed by atoms with Crippen LogP contribution in [-0.2, 0) is 11.8 Å². The van der Waals surface area contributed by atoms with E-state index in [1.54, 1.807) is 11.3 Å². The number of para-hydroxylation sites is 1. The molecule has 0 bridgehead atoms. The summed E-state index contributed by atoms with van der Waals surface area (Å²) in [7, 11) is 0. The van der Waals surface area contributed by atoms with E-state index in [1.165, 1.54) is 15.3 Å². The van der Waals surface area contributed by atoms with Crippen LogP contribution in [0.25, 0.3) is 21.3 Å². The van der Waals surface area contributed by atoms with E-state index >= 15 is 0 Å². The van der Waals surface area contributed by atoms with Gasteiger partial charge in [0.2, 0.25) is 0 Å². The molecule has 2 aromatic carbocycles. The number of hydrogen-bond donors (Lipinski definition) is 0. The van der Waals surface area contributed by atoms with Crippen molar-refractivity contribution in [3.63, 3.8) is 0 Å². The molecule has 4 aromatic rings. The molecule has 0 aliphatic rings. The van der Waals surface area contributed by atoms with Gasteiger partial charge >= 0.3 is 0 Å². The molecule has 3 nitrogen and oxygen atoms in total. The molecule has 0 spiro atoms. The monoisotopic (exact) mass is 322 g/mol. The second-order valence-electron chi connectivity index (χ2n) is 6.58. The fourth-order valence-corrected chi connectivity index (χ4v) is 4.01. The zero-order chi connectivity index (χ0) is 16.0. The molecular weight excluding hydrogens is 304 g/mol. The maximum absolute atomic E-state index is 5.65. The van der Waals surface area contributed by atoms with Crippen molar-refractivity contribution in [2.45, 2.75) is 32.6 Å². The molecule has 23 heavy (non-hydrogen) atoms. The Morgan fingerprint density at radius 1 is 1.04 bits per heavy atom. The van der Waals surface area contributed by atoms with Gasteiger partial charge in [-0.05, 0) is 36.2 Å². The molecule has 0 saturated heterocycles. The fourth-order valence-electron chi connectivity index (χ4n) is 2.94. The quantitative estimate of drug-likeness (QED) is 0.516. The maximum Gasteiger partial charge on any atom is 0.192 e. The Morgan fingerprint density at radius 2 is 1.87 bits per heavy atom. The summed E-state index contributed by atoms with van der Waals surface area (Å²) in [5, 5.41) is 1.17. The van der Waals surface area contributed by atoms with E-state index in [0.717, 1.165) is 23.0 Å². The molecule has 116 valence electrons. The van der Waals surface area contributed by atoms with E-state index in [4.69, 9.17) is 9.40 Å². The van der Waals surface area contributed by atoms with E-state index in [0.29, 0.717) is 5.89 Å². The van der Waals surface area contributed by atoms with Gasteiger partial charge < -0.3 is 4.42 Å². The number of rotatable bonds is 3. The molecule has 0 radical (unpaired) electrons. The van der Waals surface area contributed by atoms with Crippen molar-refractivity contribution in [2.75, 3.05) is 0 Å². The average molecular weight is 322 g/mol. The molecule has 0 atom stereocenters. The van der Waals surface area contributed by atoms with Crippen molar-refractivity contribution < 1.29 is 4.42 Å². The number of benzene rings is 2. The van der Waals surface area contributed by atoms with E-state index in [9.17, 15) is 0 Å². The maximum atomic E-state index is 5.65. The van der Waals surface area contributed by atoms with E-state index in [2.05, 4.69) is 49.2 Å². The van der Waals surface area contributed by atoms with Crippen LogP contribution in [0.3, 0.4) is 0 Å². The Hall–Kier alpha value is -2.20. The third kappa shape index (κ3) is 2.63. The average Bonchev–Trinajstić information content (AvgIpc) is 3.09. The topological polar surface area (TPSA) is 38.9 Å². The summed E-state index contributed by atoms with van der Waals surface area (Å²) >= 11 is 1.78. The first-order valence-corrected chi connectivity index (χ1v) is 8.55. The Kier molecular flexibility index (Phi) is 3.23. The number of aryl methyl sites for hydroxylation is 1. The van der Waals surface area contributed by atoms with E-state index in [1.807, 2.05) is 19.1 Å². The number of aromatic nitrogens is 2. The van der Waals surface area contributed by atoms with Crippen LogP contribution in [0.4, 0.5) is 0 Å². The molecule has 4 heteroatoms. The SMILES string of the molecule is Cc1nc2ccc(CC(C)(C)c3nc4ccccc4s3)cc2o1. The Morgan fingerprint density at radius 3 is 2.70 bits per heavy atom. The van der Waals surface area contributed by atoms with Crippen LogP contribution < -0.4 is 0 Å². The Labute approximate surface area is 139 Å². The lowest BCUT2D eigenvalue weighted by atomic mass is 9.86. The zero-order valence-corrected chi connectivity index (χ0v) is 14.3. The minimum Gasteiger partial charge on any atom is -0.441 e. The van der Waals surface area contributed by atoms with Crippen molar-refractivity contribution in [1.29, 1.82) is 0 Å². The lowest BCUT2D eigenvalue weighted by Gasteiger charge is -2.21. The second kappa shape index (κ2) is 5.17. The third-order valence-electron chi connectivity index (χ3n) is 4.08. The highest BCUT2D eigenvalue weighted by Gasteiger charge is 2.25. The molecule has 0 fully saturated rings. The summed E-state index contributed by atoms with van der Waals surface area (Å²) in [5.41, 5.74) is 4.09. The lowest BCUT2D eigenvalue weighted by molar-refractivity contribution is 0.519. The molecule has 0 aliphatic heterocycles. The van der Waals surface area contributed by atoms with Gasteiger partial charge in [0, 0.05) is 12.3 Å². The molecule has 0 amide bonds. The van der Waals surface area contributed by atoms with Crippen molar-refractivity contribution in [3.05, 3.63) is 58.9 Å². The highest BCUT2D eigenvalue weighted by molar-refractivity contribution is 7.18. The molecular formula is C19H18N2OS. The van der Waals surface area contributed by atoms with Gasteiger partial charge in [0.15, 0.2) is 11.5 Å². The summed E-state index contributed by atoms with van der Waals surface area (Å²) in [5.74, 6) is 0.711. The summed E-state index contributed by atoms with van der Waals surface area (Å²) in [6.45, 7) is 6.38. The molecule has 0 saturated carbocycles. The summed E-state index contributed by atoms with van der Waals surface area (Å²) < 4.78 is 6.90. The first kappa shape index (κ1) is 14.4. The molecule has 2 aromatic heterocycles. The third-order valence-corrected chi connectivity index (χ3v) is 5.48. The van der Waals surface area contributed by atoms with Gasteiger partial charge in [-0.3, -0.25) is 0 Å². The van der Waals surface area contributed by atoms with Gasteiger partial charge in [-0.25, -0.2) is 9.97 Å². The second-order valence-corrected chi connectivity index (χ2v) is 7.61. The van der Waals surface area contributed by atoms with Crippen molar-refractivity contribution in [3.8, 4) is 0 Å². The smallest absolute Gasteiger partial charge is 0.192 e. The van der Waals surface area contributed by atoms with Crippen LogP contribution in [0.5, 0.6) is 0 Å².